The third-order valence-corrected chi connectivity index (χ3v) is 3.33. The molecule has 4 nitrogen and oxygen atoms in total. The summed E-state index contributed by atoms with van der Waals surface area (Å²) in [7, 11) is 0. The maximum Gasteiger partial charge on any atom is 0.0980 e. The van der Waals surface area contributed by atoms with Crippen LogP contribution in [0.15, 0.2) is 12.1 Å². The second kappa shape index (κ2) is 4.94. The van der Waals surface area contributed by atoms with Gasteiger partial charge in [0.15, 0.2) is 0 Å². The number of nitrogen functional groups attached to an aromatic ring is 1. The summed E-state index contributed by atoms with van der Waals surface area (Å²) in [5.41, 5.74) is 10.4. The summed E-state index contributed by atoms with van der Waals surface area (Å²) in [4.78, 5) is 2.19. The average Bonchev–Trinajstić information content (AvgIpc) is 2.34. The fourth-order valence-electron chi connectivity index (χ4n) is 2.15. The lowest BCUT2D eigenvalue weighted by atomic mass is 10.1. The average molecular weight is 236 g/mol. The standard InChI is InChI=1S/C13H20N2O2/c1-9-5-12(14)13(6-10(9)2)15-3-4-17-11(7-15)8-16/h5-6,11,16H,3-4,7-8,14H2,1-2H3. The van der Waals surface area contributed by atoms with Gasteiger partial charge in [0.05, 0.1) is 30.7 Å². The van der Waals surface area contributed by atoms with Crippen molar-refractivity contribution < 1.29 is 9.84 Å². The molecule has 0 amide bonds. The van der Waals surface area contributed by atoms with Crippen molar-refractivity contribution in [1.82, 2.24) is 0 Å². The first-order valence-electron chi connectivity index (χ1n) is 5.96. The molecule has 1 aromatic carbocycles. The summed E-state index contributed by atoms with van der Waals surface area (Å²) in [5, 5.41) is 9.14. The molecule has 1 aliphatic rings. The molecule has 4 heteroatoms. The van der Waals surface area contributed by atoms with Gasteiger partial charge in [-0.05, 0) is 37.1 Å². The summed E-state index contributed by atoms with van der Waals surface area (Å²) in [5.74, 6) is 0. The highest BCUT2D eigenvalue weighted by atomic mass is 16.5. The zero-order chi connectivity index (χ0) is 12.4. The van der Waals surface area contributed by atoms with Crippen molar-refractivity contribution in [1.29, 1.82) is 0 Å². The third kappa shape index (κ3) is 2.53. The Labute approximate surface area is 102 Å². The smallest absolute Gasteiger partial charge is 0.0980 e. The Bertz CT molecular complexity index is 407. The van der Waals surface area contributed by atoms with Gasteiger partial charge >= 0.3 is 0 Å². The van der Waals surface area contributed by atoms with Gasteiger partial charge in [-0.25, -0.2) is 0 Å². The number of nitrogens with two attached hydrogens (primary N) is 1. The van der Waals surface area contributed by atoms with Gasteiger partial charge in [0.2, 0.25) is 0 Å². The van der Waals surface area contributed by atoms with Crippen LogP contribution in [-0.2, 0) is 4.74 Å². The SMILES string of the molecule is Cc1cc(N)c(N2CCOC(CO)C2)cc1C. The van der Waals surface area contributed by atoms with E-state index in [-0.39, 0.29) is 12.7 Å². The Morgan fingerprint density at radius 2 is 2.12 bits per heavy atom. The molecule has 1 atom stereocenters. The maximum absolute atomic E-state index is 9.14. The fraction of sp³-hybridized carbons (Fsp3) is 0.538. The first-order valence-corrected chi connectivity index (χ1v) is 5.96. The molecular weight excluding hydrogens is 216 g/mol. The summed E-state index contributed by atoms with van der Waals surface area (Å²) < 4.78 is 5.44. The molecule has 1 unspecified atom stereocenters. The number of aliphatic hydroxyl groups excluding tert-OH is 1. The van der Waals surface area contributed by atoms with Crippen LogP contribution in [0.3, 0.4) is 0 Å². The molecule has 2 rings (SSSR count). The Hall–Kier alpha value is -1.26. The number of hydrogen-bond donors (Lipinski definition) is 2. The normalized spacial score (nSPS) is 20.6. The van der Waals surface area contributed by atoms with E-state index >= 15 is 0 Å². The molecule has 0 radical (unpaired) electrons. The monoisotopic (exact) mass is 236 g/mol. The predicted molar refractivity (Wildman–Crippen MR) is 69.4 cm³/mol. The molecule has 1 heterocycles. The Morgan fingerprint density at radius 3 is 2.82 bits per heavy atom. The largest absolute Gasteiger partial charge is 0.397 e. The molecule has 0 aromatic heterocycles. The van der Waals surface area contributed by atoms with Gasteiger partial charge in [0, 0.05) is 13.1 Å². The van der Waals surface area contributed by atoms with E-state index in [0.29, 0.717) is 13.2 Å². The number of rotatable bonds is 2. The van der Waals surface area contributed by atoms with Gasteiger partial charge in [-0.1, -0.05) is 0 Å². The van der Waals surface area contributed by atoms with E-state index in [2.05, 4.69) is 24.8 Å². The van der Waals surface area contributed by atoms with E-state index < -0.39 is 0 Å². The van der Waals surface area contributed by atoms with Crippen LogP contribution in [0.4, 0.5) is 11.4 Å². The van der Waals surface area contributed by atoms with E-state index in [0.717, 1.165) is 17.9 Å². The summed E-state index contributed by atoms with van der Waals surface area (Å²) in [6.07, 6.45) is -0.107. The number of aryl methyl sites for hydroxylation is 2. The second-order valence-electron chi connectivity index (χ2n) is 4.62. The quantitative estimate of drug-likeness (QED) is 0.754. The number of morpholine rings is 1. The minimum atomic E-state index is -0.107. The van der Waals surface area contributed by atoms with Crippen LogP contribution in [0.1, 0.15) is 11.1 Å². The lowest BCUT2D eigenvalue weighted by molar-refractivity contribution is 0.00360. The van der Waals surface area contributed by atoms with E-state index in [1.54, 1.807) is 0 Å². The highest BCUT2D eigenvalue weighted by molar-refractivity contribution is 5.70. The Balaban J connectivity index is 2.24. The Morgan fingerprint density at radius 1 is 1.41 bits per heavy atom. The molecule has 0 saturated carbocycles. The number of hydrogen-bond acceptors (Lipinski definition) is 4. The molecule has 17 heavy (non-hydrogen) atoms. The van der Waals surface area contributed by atoms with Crippen LogP contribution < -0.4 is 10.6 Å². The topological polar surface area (TPSA) is 58.7 Å². The first kappa shape index (κ1) is 12.2. The van der Waals surface area contributed by atoms with Gasteiger partial charge in [0.25, 0.3) is 0 Å². The van der Waals surface area contributed by atoms with Gasteiger partial charge in [0.1, 0.15) is 0 Å². The van der Waals surface area contributed by atoms with E-state index in [1.807, 2.05) is 6.07 Å². The minimum Gasteiger partial charge on any atom is -0.397 e. The molecule has 94 valence electrons. The van der Waals surface area contributed by atoms with E-state index in [4.69, 9.17) is 15.6 Å². The van der Waals surface area contributed by atoms with E-state index in [1.165, 1.54) is 11.1 Å². The predicted octanol–water partition coefficient (Wildman–Crippen LogP) is 1.08. The van der Waals surface area contributed by atoms with Crippen LogP contribution >= 0.6 is 0 Å². The van der Waals surface area contributed by atoms with Gasteiger partial charge in [-0.15, -0.1) is 0 Å². The lowest BCUT2D eigenvalue weighted by Gasteiger charge is -2.34. The zero-order valence-electron chi connectivity index (χ0n) is 10.4. The van der Waals surface area contributed by atoms with Crippen LogP contribution in [0.5, 0.6) is 0 Å². The molecule has 3 N–H and O–H groups in total. The Kier molecular flexibility index (Phi) is 3.54. The number of aliphatic hydroxyl groups is 1. The molecular formula is C13H20N2O2. The van der Waals surface area contributed by atoms with E-state index in [9.17, 15) is 0 Å². The van der Waals surface area contributed by atoms with Crippen molar-refractivity contribution in [2.45, 2.75) is 20.0 Å². The summed E-state index contributed by atoms with van der Waals surface area (Å²) in [6.45, 7) is 6.36. The van der Waals surface area contributed by atoms with Crippen molar-refractivity contribution >= 4 is 11.4 Å². The van der Waals surface area contributed by atoms with Crippen molar-refractivity contribution in [2.75, 3.05) is 36.9 Å². The second-order valence-corrected chi connectivity index (χ2v) is 4.62. The van der Waals surface area contributed by atoms with Crippen molar-refractivity contribution in [3.8, 4) is 0 Å². The van der Waals surface area contributed by atoms with Crippen LogP contribution in [0.25, 0.3) is 0 Å². The lowest BCUT2D eigenvalue weighted by Crippen LogP contribution is -2.44. The highest BCUT2D eigenvalue weighted by Crippen LogP contribution is 2.28. The van der Waals surface area contributed by atoms with Crippen molar-refractivity contribution in [2.24, 2.45) is 0 Å². The summed E-state index contributed by atoms with van der Waals surface area (Å²) >= 11 is 0. The van der Waals surface area contributed by atoms with Crippen LogP contribution in [0, 0.1) is 13.8 Å². The molecule has 1 aromatic rings. The number of ether oxygens (including phenoxy) is 1. The van der Waals surface area contributed by atoms with Gasteiger partial charge in [-0.3, -0.25) is 0 Å². The van der Waals surface area contributed by atoms with Gasteiger partial charge < -0.3 is 20.5 Å². The summed E-state index contributed by atoms with van der Waals surface area (Å²) in [6, 6.07) is 4.12. The number of nitrogens with zero attached hydrogens (tertiary/aromatic N) is 1. The first-order chi connectivity index (χ1) is 8.11. The van der Waals surface area contributed by atoms with Gasteiger partial charge in [-0.2, -0.15) is 0 Å². The van der Waals surface area contributed by atoms with Crippen molar-refractivity contribution in [3.63, 3.8) is 0 Å². The number of benzene rings is 1. The fourth-order valence-corrected chi connectivity index (χ4v) is 2.15. The maximum atomic E-state index is 9.14. The zero-order valence-corrected chi connectivity index (χ0v) is 10.4. The molecule has 0 spiro atoms. The molecule has 1 fully saturated rings. The van der Waals surface area contributed by atoms with Crippen molar-refractivity contribution in [3.05, 3.63) is 23.3 Å². The molecule has 1 aliphatic heterocycles. The third-order valence-electron chi connectivity index (χ3n) is 3.33. The number of anilines is 2. The van der Waals surface area contributed by atoms with Crippen LogP contribution in [-0.4, -0.2) is 37.5 Å². The molecule has 0 bridgehead atoms. The highest BCUT2D eigenvalue weighted by Gasteiger charge is 2.21. The molecule has 1 saturated heterocycles. The molecule has 0 aliphatic carbocycles. The van der Waals surface area contributed by atoms with Crippen LogP contribution in [0.2, 0.25) is 0 Å². The minimum absolute atomic E-state index is 0.0568.